The van der Waals surface area contributed by atoms with Crippen LogP contribution in [0.4, 0.5) is 18.0 Å². The second-order valence-electron chi connectivity index (χ2n) is 5.49. The lowest BCUT2D eigenvalue weighted by Crippen LogP contribution is -2.55. The number of carbonyl (C=O) groups excluding carboxylic acids is 1. The SMILES string of the molecule is O=C(NCCS(=O)(=O)c1ccc(F)cc1)N1CCC(O)C(F)(F)C1. The van der Waals surface area contributed by atoms with Gasteiger partial charge < -0.3 is 15.3 Å². The van der Waals surface area contributed by atoms with Gasteiger partial charge >= 0.3 is 6.03 Å². The Kier molecular flexibility index (Phi) is 5.38. The molecule has 1 aliphatic rings. The average molecular weight is 366 g/mol. The summed E-state index contributed by atoms with van der Waals surface area (Å²) < 4.78 is 63.6. The standard InChI is InChI=1S/C14H17F3N2O4S/c15-10-1-3-11(4-2-10)24(22,23)8-6-18-13(21)19-7-5-12(20)14(16,17)9-19/h1-4,12,20H,5-9H2,(H,18,21). The number of benzene rings is 1. The van der Waals surface area contributed by atoms with Gasteiger partial charge in [-0.05, 0) is 30.7 Å². The molecule has 2 N–H and O–H groups in total. The number of sulfone groups is 1. The number of likely N-dealkylation sites (tertiary alicyclic amines) is 1. The van der Waals surface area contributed by atoms with Crippen LogP contribution in [0.2, 0.25) is 0 Å². The number of urea groups is 1. The third-order valence-electron chi connectivity index (χ3n) is 3.67. The van der Waals surface area contributed by atoms with Crippen LogP contribution in [0.1, 0.15) is 6.42 Å². The molecule has 1 saturated heterocycles. The summed E-state index contributed by atoms with van der Waals surface area (Å²) in [6.07, 6.45) is -2.05. The number of hydrogen-bond acceptors (Lipinski definition) is 4. The summed E-state index contributed by atoms with van der Waals surface area (Å²) >= 11 is 0. The van der Waals surface area contributed by atoms with Crippen LogP contribution >= 0.6 is 0 Å². The molecule has 24 heavy (non-hydrogen) atoms. The van der Waals surface area contributed by atoms with Crippen LogP contribution in [0.5, 0.6) is 0 Å². The molecule has 10 heteroatoms. The number of amides is 2. The largest absolute Gasteiger partial charge is 0.387 e. The smallest absolute Gasteiger partial charge is 0.317 e. The number of nitrogens with one attached hydrogen (secondary N) is 1. The maximum absolute atomic E-state index is 13.4. The lowest BCUT2D eigenvalue weighted by atomic mass is 10.0. The Hall–Kier alpha value is -1.81. The van der Waals surface area contributed by atoms with Crippen molar-refractivity contribution in [2.45, 2.75) is 23.3 Å². The zero-order valence-electron chi connectivity index (χ0n) is 12.6. The fourth-order valence-electron chi connectivity index (χ4n) is 2.27. The predicted molar refractivity (Wildman–Crippen MR) is 79.0 cm³/mol. The Morgan fingerprint density at radius 1 is 1.33 bits per heavy atom. The summed E-state index contributed by atoms with van der Waals surface area (Å²) in [6, 6.07) is 3.41. The van der Waals surface area contributed by atoms with Gasteiger partial charge in [0.05, 0.1) is 17.2 Å². The lowest BCUT2D eigenvalue weighted by molar-refractivity contribution is -0.141. The van der Waals surface area contributed by atoms with Gasteiger partial charge in [0.1, 0.15) is 11.9 Å². The van der Waals surface area contributed by atoms with E-state index in [2.05, 4.69) is 5.32 Å². The van der Waals surface area contributed by atoms with E-state index in [1.54, 1.807) is 0 Å². The number of alkyl halides is 2. The monoisotopic (exact) mass is 366 g/mol. The van der Waals surface area contributed by atoms with E-state index in [0.717, 1.165) is 29.2 Å². The fourth-order valence-corrected chi connectivity index (χ4v) is 3.42. The molecule has 1 aliphatic heterocycles. The van der Waals surface area contributed by atoms with Gasteiger partial charge in [0.25, 0.3) is 5.92 Å². The Morgan fingerprint density at radius 3 is 2.54 bits per heavy atom. The molecular formula is C14H17F3N2O4S. The van der Waals surface area contributed by atoms with Crippen molar-refractivity contribution in [2.75, 3.05) is 25.4 Å². The molecule has 0 bridgehead atoms. The van der Waals surface area contributed by atoms with Gasteiger partial charge in [0.15, 0.2) is 9.84 Å². The van der Waals surface area contributed by atoms with Gasteiger partial charge in [0, 0.05) is 13.1 Å². The molecule has 2 rings (SSSR count). The summed E-state index contributed by atoms with van der Waals surface area (Å²) in [7, 11) is -3.72. The number of nitrogens with zero attached hydrogens (tertiary/aromatic N) is 1. The van der Waals surface area contributed by atoms with Crippen molar-refractivity contribution in [2.24, 2.45) is 0 Å². The Balaban J connectivity index is 1.87. The second-order valence-corrected chi connectivity index (χ2v) is 7.60. The van der Waals surface area contributed by atoms with Crippen molar-refractivity contribution in [3.05, 3.63) is 30.1 Å². The molecule has 1 aromatic rings. The van der Waals surface area contributed by atoms with Crippen LogP contribution in [-0.4, -0.2) is 61.9 Å². The maximum atomic E-state index is 13.4. The Labute approximate surface area is 137 Å². The van der Waals surface area contributed by atoms with Crippen molar-refractivity contribution >= 4 is 15.9 Å². The molecule has 1 atom stereocenters. The number of rotatable bonds is 4. The number of piperidine rings is 1. The van der Waals surface area contributed by atoms with Crippen molar-refractivity contribution in [3.63, 3.8) is 0 Å². The minimum absolute atomic E-state index is 0.0483. The summed E-state index contributed by atoms with van der Waals surface area (Å²) in [5.74, 6) is -4.41. The molecule has 0 saturated carbocycles. The highest BCUT2D eigenvalue weighted by Gasteiger charge is 2.44. The van der Waals surface area contributed by atoms with Gasteiger partial charge in [-0.15, -0.1) is 0 Å². The molecule has 1 heterocycles. The Bertz CT molecular complexity index is 694. The summed E-state index contributed by atoms with van der Waals surface area (Å²) in [6.45, 7) is -1.25. The summed E-state index contributed by atoms with van der Waals surface area (Å²) in [4.78, 5) is 12.6. The number of aliphatic hydroxyl groups excluding tert-OH is 1. The quantitative estimate of drug-likeness (QED) is 0.779. The Morgan fingerprint density at radius 2 is 1.96 bits per heavy atom. The molecule has 1 fully saturated rings. The number of halogens is 3. The van der Waals surface area contributed by atoms with E-state index in [4.69, 9.17) is 5.11 Å². The topological polar surface area (TPSA) is 86.7 Å². The van der Waals surface area contributed by atoms with Crippen molar-refractivity contribution in [1.82, 2.24) is 10.2 Å². The van der Waals surface area contributed by atoms with Crippen LogP contribution < -0.4 is 5.32 Å². The zero-order valence-corrected chi connectivity index (χ0v) is 13.4. The highest BCUT2D eigenvalue weighted by Crippen LogP contribution is 2.27. The first kappa shape index (κ1) is 18.5. The molecule has 0 aliphatic carbocycles. The van der Waals surface area contributed by atoms with Crippen LogP contribution in [0.3, 0.4) is 0 Å². The van der Waals surface area contributed by atoms with E-state index >= 15 is 0 Å². The van der Waals surface area contributed by atoms with Crippen molar-refractivity contribution in [1.29, 1.82) is 0 Å². The van der Waals surface area contributed by atoms with Crippen molar-refractivity contribution in [3.8, 4) is 0 Å². The molecule has 6 nitrogen and oxygen atoms in total. The minimum Gasteiger partial charge on any atom is -0.387 e. The van der Waals surface area contributed by atoms with Crippen LogP contribution in [0, 0.1) is 5.82 Å². The van der Waals surface area contributed by atoms with Crippen LogP contribution in [0.15, 0.2) is 29.2 Å². The number of hydrogen-bond donors (Lipinski definition) is 2. The van der Waals surface area contributed by atoms with Crippen LogP contribution in [0.25, 0.3) is 0 Å². The van der Waals surface area contributed by atoms with E-state index in [9.17, 15) is 26.4 Å². The van der Waals surface area contributed by atoms with E-state index in [-0.39, 0.29) is 24.4 Å². The molecular weight excluding hydrogens is 349 g/mol. The first-order valence-electron chi connectivity index (χ1n) is 7.19. The highest BCUT2D eigenvalue weighted by molar-refractivity contribution is 7.91. The third-order valence-corrected chi connectivity index (χ3v) is 5.40. The van der Waals surface area contributed by atoms with Gasteiger partial charge in [0.2, 0.25) is 0 Å². The number of carbonyl (C=O) groups is 1. The summed E-state index contributed by atoms with van der Waals surface area (Å²) in [5.41, 5.74) is 0. The molecule has 0 aromatic heterocycles. The third kappa shape index (κ3) is 4.38. The normalized spacial score (nSPS) is 20.7. The minimum atomic E-state index is -3.72. The van der Waals surface area contributed by atoms with E-state index in [1.807, 2.05) is 0 Å². The van der Waals surface area contributed by atoms with Crippen LogP contribution in [-0.2, 0) is 9.84 Å². The molecule has 1 aromatic carbocycles. The van der Waals surface area contributed by atoms with E-state index in [1.165, 1.54) is 0 Å². The second kappa shape index (κ2) is 6.98. The van der Waals surface area contributed by atoms with Gasteiger partial charge in [-0.2, -0.15) is 0 Å². The zero-order chi connectivity index (χ0) is 18.0. The lowest BCUT2D eigenvalue weighted by Gasteiger charge is -2.35. The van der Waals surface area contributed by atoms with Gasteiger partial charge in [-0.1, -0.05) is 0 Å². The van der Waals surface area contributed by atoms with Gasteiger partial charge in [-0.3, -0.25) is 0 Å². The predicted octanol–water partition coefficient (Wildman–Crippen LogP) is 1.01. The van der Waals surface area contributed by atoms with Gasteiger partial charge in [-0.25, -0.2) is 26.4 Å². The molecule has 2 amide bonds. The van der Waals surface area contributed by atoms with E-state index < -0.39 is 46.0 Å². The fraction of sp³-hybridized carbons (Fsp3) is 0.500. The van der Waals surface area contributed by atoms with Crippen molar-refractivity contribution < 1.29 is 31.5 Å². The number of aliphatic hydroxyl groups is 1. The molecule has 0 radical (unpaired) electrons. The highest BCUT2D eigenvalue weighted by atomic mass is 32.2. The molecule has 0 spiro atoms. The maximum Gasteiger partial charge on any atom is 0.317 e. The first-order valence-corrected chi connectivity index (χ1v) is 8.84. The molecule has 134 valence electrons. The first-order chi connectivity index (χ1) is 11.1. The van der Waals surface area contributed by atoms with E-state index in [0.29, 0.717) is 0 Å². The molecule has 1 unspecified atom stereocenters. The average Bonchev–Trinajstić information content (AvgIpc) is 2.50. The summed E-state index contributed by atoms with van der Waals surface area (Å²) in [5, 5.41) is 11.4.